The van der Waals surface area contributed by atoms with Gasteiger partial charge in [-0.2, -0.15) is 0 Å². The van der Waals surface area contributed by atoms with Crippen LogP contribution in [-0.4, -0.2) is 47.2 Å². The molecule has 3 heterocycles. The first-order chi connectivity index (χ1) is 15.3. The lowest BCUT2D eigenvalue weighted by atomic mass is 10.00. The van der Waals surface area contributed by atoms with Gasteiger partial charge in [0.15, 0.2) is 0 Å². The van der Waals surface area contributed by atoms with Crippen LogP contribution in [0.3, 0.4) is 0 Å². The number of piperidine rings is 1. The maximum absolute atomic E-state index is 5.27. The SMILES string of the molecule is C=CCN1CCCc2c1ccc1c2nc(Cc2ccccc2)n1CCN1CCCCC1. The first kappa shape index (κ1) is 20.3. The van der Waals surface area contributed by atoms with Crippen LogP contribution in [0.5, 0.6) is 0 Å². The Hall–Kier alpha value is -2.59. The van der Waals surface area contributed by atoms with Crippen LogP contribution in [-0.2, 0) is 19.4 Å². The third kappa shape index (κ3) is 4.27. The predicted molar refractivity (Wildman–Crippen MR) is 130 cm³/mol. The molecule has 0 N–H and O–H groups in total. The highest BCUT2D eigenvalue weighted by Crippen LogP contribution is 2.34. The molecule has 0 amide bonds. The summed E-state index contributed by atoms with van der Waals surface area (Å²) in [4.78, 5) is 10.4. The van der Waals surface area contributed by atoms with Crippen molar-refractivity contribution in [2.75, 3.05) is 37.6 Å². The Morgan fingerprint density at radius 1 is 0.903 bits per heavy atom. The molecule has 0 aliphatic carbocycles. The molecule has 1 saturated heterocycles. The molecule has 1 aromatic heterocycles. The van der Waals surface area contributed by atoms with Gasteiger partial charge >= 0.3 is 0 Å². The number of aryl methyl sites for hydroxylation is 1. The molecular formula is C27H34N4. The summed E-state index contributed by atoms with van der Waals surface area (Å²) >= 11 is 0. The molecule has 0 spiro atoms. The van der Waals surface area contributed by atoms with Gasteiger partial charge in [0.1, 0.15) is 5.82 Å². The maximum Gasteiger partial charge on any atom is 0.114 e. The normalized spacial score (nSPS) is 17.1. The fourth-order valence-corrected chi connectivity index (χ4v) is 5.33. The Kier molecular flexibility index (Phi) is 6.08. The van der Waals surface area contributed by atoms with E-state index in [1.165, 1.54) is 72.4 Å². The molecule has 2 aromatic carbocycles. The second-order valence-corrected chi connectivity index (χ2v) is 9.01. The van der Waals surface area contributed by atoms with E-state index in [2.05, 4.69) is 63.4 Å². The zero-order valence-electron chi connectivity index (χ0n) is 18.6. The Morgan fingerprint density at radius 2 is 1.74 bits per heavy atom. The van der Waals surface area contributed by atoms with E-state index in [0.717, 1.165) is 39.0 Å². The lowest BCUT2D eigenvalue weighted by Crippen LogP contribution is -2.32. The van der Waals surface area contributed by atoms with Crippen molar-refractivity contribution in [1.82, 2.24) is 14.5 Å². The van der Waals surface area contributed by atoms with Crippen molar-refractivity contribution in [3.63, 3.8) is 0 Å². The van der Waals surface area contributed by atoms with E-state index in [1.54, 1.807) is 0 Å². The number of benzene rings is 2. The van der Waals surface area contributed by atoms with Crippen LogP contribution in [0.1, 0.15) is 42.6 Å². The van der Waals surface area contributed by atoms with Crippen LogP contribution in [0.4, 0.5) is 5.69 Å². The van der Waals surface area contributed by atoms with Gasteiger partial charge in [-0.1, -0.05) is 42.8 Å². The molecule has 0 atom stereocenters. The van der Waals surface area contributed by atoms with Gasteiger partial charge in [0.25, 0.3) is 0 Å². The van der Waals surface area contributed by atoms with Crippen molar-refractivity contribution in [3.8, 4) is 0 Å². The summed E-state index contributed by atoms with van der Waals surface area (Å²) in [6.07, 6.45) is 9.28. The molecule has 4 nitrogen and oxygen atoms in total. The van der Waals surface area contributed by atoms with E-state index >= 15 is 0 Å². The monoisotopic (exact) mass is 414 g/mol. The number of imidazole rings is 1. The van der Waals surface area contributed by atoms with Gasteiger partial charge in [-0.05, 0) is 56.5 Å². The summed E-state index contributed by atoms with van der Waals surface area (Å²) in [6.45, 7) is 10.6. The van der Waals surface area contributed by atoms with E-state index in [4.69, 9.17) is 4.98 Å². The largest absolute Gasteiger partial charge is 0.368 e. The number of aromatic nitrogens is 2. The molecule has 1 fully saturated rings. The van der Waals surface area contributed by atoms with Crippen LogP contribution < -0.4 is 4.90 Å². The number of fused-ring (bicyclic) bond motifs is 3. The summed E-state index contributed by atoms with van der Waals surface area (Å²) in [7, 11) is 0. The third-order valence-electron chi connectivity index (χ3n) is 6.92. The van der Waals surface area contributed by atoms with E-state index in [9.17, 15) is 0 Å². The summed E-state index contributed by atoms with van der Waals surface area (Å²) in [5, 5.41) is 0. The number of anilines is 1. The zero-order chi connectivity index (χ0) is 21.0. The minimum atomic E-state index is 0.890. The maximum atomic E-state index is 5.27. The Bertz CT molecular complexity index is 1030. The van der Waals surface area contributed by atoms with Gasteiger partial charge in [0.05, 0.1) is 11.0 Å². The highest BCUT2D eigenvalue weighted by molar-refractivity contribution is 5.86. The molecule has 0 radical (unpaired) electrons. The van der Waals surface area contributed by atoms with Crippen molar-refractivity contribution in [2.45, 2.75) is 45.1 Å². The van der Waals surface area contributed by atoms with Crippen LogP contribution in [0, 0.1) is 0 Å². The second-order valence-electron chi connectivity index (χ2n) is 9.01. The van der Waals surface area contributed by atoms with Crippen LogP contribution in [0.25, 0.3) is 11.0 Å². The van der Waals surface area contributed by atoms with Crippen LogP contribution in [0.15, 0.2) is 55.1 Å². The van der Waals surface area contributed by atoms with Crippen molar-refractivity contribution in [2.24, 2.45) is 0 Å². The Balaban J connectivity index is 1.53. The van der Waals surface area contributed by atoms with Crippen molar-refractivity contribution < 1.29 is 0 Å². The van der Waals surface area contributed by atoms with Gasteiger partial charge in [0.2, 0.25) is 0 Å². The molecule has 3 aromatic rings. The first-order valence-electron chi connectivity index (χ1n) is 12.0. The van der Waals surface area contributed by atoms with Gasteiger partial charge in [-0.25, -0.2) is 4.98 Å². The van der Waals surface area contributed by atoms with E-state index in [1.807, 2.05) is 6.08 Å². The van der Waals surface area contributed by atoms with Crippen LogP contribution >= 0.6 is 0 Å². The third-order valence-corrected chi connectivity index (χ3v) is 6.92. The fourth-order valence-electron chi connectivity index (χ4n) is 5.33. The highest BCUT2D eigenvalue weighted by atomic mass is 15.2. The predicted octanol–water partition coefficient (Wildman–Crippen LogP) is 5.05. The topological polar surface area (TPSA) is 24.3 Å². The lowest BCUT2D eigenvalue weighted by molar-refractivity contribution is 0.221. The highest BCUT2D eigenvalue weighted by Gasteiger charge is 2.22. The molecule has 2 aliphatic heterocycles. The number of hydrogen-bond donors (Lipinski definition) is 0. The molecular weight excluding hydrogens is 380 g/mol. The number of likely N-dealkylation sites (tertiary alicyclic amines) is 1. The van der Waals surface area contributed by atoms with Crippen molar-refractivity contribution in [3.05, 3.63) is 72.1 Å². The molecule has 31 heavy (non-hydrogen) atoms. The average molecular weight is 415 g/mol. The van der Waals surface area contributed by atoms with Gasteiger partial charge < -0.3 is 14.4 Å². The van der Waals surface area contributed by atoms with E-state index in [0.29, 0.717) is 0 Å². The molecule has 0 unspecified atom stereocenters. The van der Waals surface area contributed by atoms with Crippen molar-refractivity contribution >= 4 is 16.7 Å². The Morgan fingerprint density at radius 3 is 2.55 bits per heavy atom. The molecule has 5 rings (SSSR count). The summed E-state index contributed by atoms with van der Waals surface area (Å²) in [5.74, 6) is 1.20. The summed E-state index contributed by atoms with van der Waals surface area (Å²) < 4.78 is 2.50. The fraction of sp³-hybridized carbons (Fsp3) is 0.444. The molecule has 2 aliphatic rings. The minimum absolute atomic E-state index is 0.890. The Labute approximate surface area is 186 Å². The smallest absolute Gasteiger partial charge is 0.114 e. The van der Waals surface area contributed by atoms with E-state index < -0.39 is 0 Å². The number of nitrogens with zero attached hydrogens (tertiary/aromatic N) is 4. The quantitative estimate of drug-likeness (QED) is 0.506. The van der Waals surface area contributed by atoms with Gasteiger partial charge in [0, 0.05) is 43.9 Å². The lowest BCUT2D eigenvalue weighted by Gasteiger charge is -2.30. The second kappa shape index (κ2) is 9.27. The molecule has 162 valence electrons. The van der Waals surface area contributed by atoms with E-state index in [-0.39, 0.29) is 0 Å². The molecule has 0 bridgehead atoms. The number of rotatable bonds is 7. The first-order valence-corrected chi connectivity index (χ1v) is 12.0. The zero-order valence-corrected chi connectivity index (χ0v) is 18.6. The minimum Gasteiger partial charge on any atom is -0.368 e. The average Bonchev–Trinajstić information content (AvgIpc) is 3.17. The molecule has 0 saturated carbocycles. The van der Waals surface area contributed by atoms with Gasteiger partial charge in [-0.3, -0.25) is 0 Å². The summed E-state index contributed by atoms with van der Waals surface area (Å²) in [5.41, 5.74) is 6.64. The summed E-state index contributed by atoms with van der Waals surface area (Å²) in [6, 6.07) is 15.4. The van der Waals surface area contributed by atoms with Gasteiger partial charge in [-0.15, -0.1) is 6.58 Å². The number of hydrogen-bond acceptors (Lipinski definition) is 3. The van der Waals surface area contributed by atoms with Crippen LogP contribution in [0.2, 0.25) is 0 Å². The van der Waals surface area contributed by atoms with Crippen molar-refractivity contribution in [1.29, 1.82) is 0 Å². The standard InChI is InChI=1S/C27H34N4/c1-2-15-30-18-9-12-23-24(30)13-14-25-27(23)28-26(21-22-10-5-3-6-11-22)31(25)20-19-29-16-7-4-8-17-29/h2-3,5-6,10-11,13-14H,1,4,7-9,12,15-21H2. The molecule has 4 heteroatoms.